The van der Waals surface area contributed by atoms with Gasteiger partial charge in [0, 0.05) is 17.8 Å². The maximum atomic E-state index is 9.63. The summed E-state index contributed by atoms with van der Waals surface area (Å²) < 4.78 is 5.15. The Bertz CT molecular complexity index is 1040. The summed E-state index contributed by atoms with van der Waals surface area (Å²) in [6.07, 6.45) is 4.53. The molecule has 0 aliphatic heterocycles. The zero-order valence-electron chi connectivity index (χ0n) is 14.7. The van der Waals surface area contributed by atoms with Crippen LogP contribution in [0.1, 0.15) is 11.1 Å². The summed E-state index contributed by atoms with van der Waals surface area (Å²) in [6.45, 7) is 3.71. The van der Waals surface area contributed by atoms with E-state index >= 15 is 0 Å². The van der Waals surface area contributed by atoms with Gasteiger partial charge in [-0.3, -0.25) is 10.4 Å². The first-order valence-corrected chi connectivity index (χ1v) is 8.55. The number of phenols is 1. The summed E-state index contributed by atoms with van der Waals surface area (Å²) in [5, 5.41) is 28.3. The molecule has 0 amide bonds. The number of furan rings is 1. The van der Waals surface area contributed by atoms with Crippen LogP contribution in [0.5, 0.6) is 5.75 Å². The number of rotatable bonds is 7. The number of benzene rings is 2. The number of aromatic hydroxyl groups is 1. The molecule has 0 atom stereocenters. The first-order valence-electron chi connectivity index (χ1n) is 8.17. The monoisotopic (exact) mass is 393 g/mol. The van der Waals surface area contributed by atoms with Crippen LogP contribution in [0.15, 0.2) is 69.6 Å². The zero-order chi connectivity index (χ0) is 19.9. The lowest BCUT2D eigenvalue weighted by Crippen LogP contribution is -2.36. The Balaban J connectivity index is 1.98. The maximum Gasteiger partial charge on any atom is 0.134 e. The molecule has 2 N–H and O–H groups in total. The van der Waals surface area contributed by atoms with Crippen molar-refractivity contribution < 1.29 is 9.52 Å². The average Bonchev–Trinajstić information content (AvgIpc) is 3.24. The van der Waals surface area contributed by atoms with E-state index in [0.717, 1.165) is 22.4 Å². The van der Waals surface area contributed by atoms with Crippen molar-refractivity contribution in [1.82, 2.24) is 5.43 Å². The van der Waals surface area contributed by atoms with Crippen molar-refractivity contribution >= 4 is 30.3 Å². The van der Waals surface area contributed by atoms with Crippen molar-refractivity contribution in [3.8, 4) is 22.9 Å². The zero-order valence-corrected chi connectivity index (χ0v) is 15.5. The number of anilines is 1. The summed E-state index contributed by atoms with van der Waals surface area (Å²) in [4.78, 5) is 0. The molecule has 0 saturated carbocycles. The minimum Gasteiger partial charge on any atom is -0.506 e. The lowest BCUT2D eigenvalue weighted by atomic mass is 10.0. The van der Waals surface area contributed by atoms with E-state index in [9.17, 15) is 10.4 Å². The molecule has 1 aromatic heterocycles. The Kier molecular flexibility index (Phi) is 5.94. The minimum absolute atomic E-state index is 0.0166. The van der Waals surface area contributed by atoms with Crippen molar-refractivity contribution in [2.24, 2.45) is 10.2 Å². The number of hydrogen-bond donors (Lipinski definition) is 2. The van der Waals surface area contributed by atoms with E-state index < -0.39 is 0 Å². The molecule has 7 nitrogen and oxygen atoms in total. The van der Waals surface area contributed by atoms with Crippen molar-refractivity contribution in [3.05, 3.63) is 71.1 Å². The number of halogens is 1. The lowest BCUT2D eigenvalue weighted by molar-refractivity contribution is 0.475. The second kappa shape index (κ2) is 8.75. The predicted molar refractivity (Wildman–Crippen MR) is 109 cm³/mol. The fraction of sp³-hybridized carbons (Fsp3) is 0.0500. The van der Waals surface area contributed by atoms with E-state index in [1.54, 1.807) is 41.8 Å². The van der Waals surface area contributed by atoms with Gasteiger partial charge in [-0.15, -0.1) is 5.10 Å². The average molecular weight is 394 g/mol. The molecule has 0 spiro atoms. The summed E-state index contributed by atoms with van der Waals surface area (Å²) in [7, 11) is 0. The summed E-state index contributed by atoms with van der Waals surface area (Å²) in [5.74, 6) is 0.0166. The summed E-state index contributed by atoms with van der Waals surface area (Å²) in [6, 6.07) is 14.4. The maximum absolute atomic E-state index is 9.63. The van der Waals surface area contributed by atoms with Crippen LogP contribution in [-0.4, -0.2) is 18.2 Å². The number of nitriles is 1. The molecule has 140 valence electrons. The van der Waals surface area contributed by atoms with E-state index in [2.05, 4.69) is 28.4 Å². The fourth-order valence-corrected chi connectivity index (χ4v) is 2.84. The van der Waals surface area contributed by atoms with Crippen LogP contribution in [-0.2, 0) is 6.54 Å². The molecular weight excluding hydrogens is 378 g/mol. The Labute approximate surface area is 166 Å². The van der Waals surface area contributed by atoms with E-state index in [0.29, 0.717) is 12.1 Å². The third-order valence-electron chi connectivity index (χ3n) is 3.97. The van der Waals surface area contributed by atoms with Crippen LogP contribution in [0.25, 0.3) is 11.1 Å². The minimum atomic E-state index is 0.0166. The first kappa shape index (κ1) is 19.0. The van der Waals surface area contributed by atoms with Crippen molar-refractivity contribution in [2.75, 3.05) is 5.01 Å². The highest BCUT2D eigenvalue weighted by molar-refractivity contribution is 6.32. The lowest BCUT2D eigenvalue weighted by Gasteiger charge is -2.25. The van der Waals surface area contributed by atoms with Gasteiger partial charge in [0.05, 0.1) is 41.4 Å². The SMILES string of the molecule is C=N/N=C\NN(Cc1ccc(O)c(Cl)c1)c1ccc(C#N)c(-c2ccoc2)c1. The number of hydrogen-bond acceptors (Lipinski definition) is 6. The Morgan fingerprint density at radius 3 is 2.82 bits per heavy atom. The van der Waals surface area contributed by atoms with Crippen LogP contribution >= 0.6 is 11.6 Å². The third-order valence-corrected chi connectivity index (χ3v) is 4.28. The van der Waals surface area contributed by atoms with Gasteiger partial charge in [-0.25, -0.2) is 0 Å². The van der Waals surface area contributed by atoms with E-state index in [1.807, 2.05) is 12.1 Å². The molecule has 0 radical (unpaired) electrons. The molecule has 0 bridgehead atoms. The first-order chi connectivity index (χ1) is 13.6. The Morgan fingerprint density at radius 2 is 2.14 bits per heavy atom. The normalized spacial score (nSPS) is 10.6. The van der Waals surface area contributed by atoms with Crippen LogP contribution in [0.3, 0.4) is 0 Å². The van der Waals surface area contributed by atoms with Gasteiger partial charge in [0.25, 0.3) is 0 Å². The highest BCUT2D eigenvalue weighted by Crippen LogP contribution is 2.30. The smallest absolute Gasteiger partial charge is 0.134 e. The van der Waals surface area contributed by atoms with Gasteiger partial charge in [-0.2, -0.15) is 10.4 Å². The topological polar surface area (TPSA) is 97.1 Å². The quantitative estimate of drug-likeness (QED) is 0.353. The van der Waals surface area contributed by atoms with Crippen molar-refractivity contribution in [3.63, 3.8) is 0 Å². The molecule has 0 aliphatic carbocycles. The highest BCUT2D eigenvalue weighted by Gasteiger charge is 2.13. The molecule has 0 fully saturated rings. The van der Waals surface area contributed by atoms with Gasteiger partial charge < -0.3 is 9.52 Å². The highest BCUT2D eigenvalue weighted by atomic mass is 35.5. The number of nitrogens with zero attached hydrogens (tertiary/aromatic N) is 4. The van der Waals surface area contributed by atoms with E-state index in [1.165, 1.54) is 12.4 Å². The molecule has 3 aromatic rings. The molecule has 2 aromatic carbocycles. The Morgan fingerprint density at radius 1 is 1.29 bits per heavy atom. The van der Waals surface area contributed by atoms with Gasteiger partial charge in [0.2, 0.25) is 0 Å². The molecule has 0 saturated heterocycles. The standard InChI is InChI=1S/C20H16ClN5O2/c1-23-24-13-25-26(11-14-2-5-20(27)19(21)8-14)17-4-3-15(10-22)18(9-17)16-6-7-28-12-16/h2-9,12-13,27H,1,11H2,(H,24,25). The van der Waals surface area contributed by atoms with Gasteiger partial charge >= 0.3 is 0 Å². The van der Waals surface area contributed by atoms with Crippen molar-refractivity contribution in [2.45, 2.75) is 6.54 Å². The molecule has 0 unspecified atom stereocenters. The molecule has 3 rings (SSSR count). The van der Waals surface area contributed by atoms with Crippen molar-refractivity contribution in [1.29, 1.82) is 5.26 Å². The number of nitrogens with one attached hydrogen (secondary N) is 1. The largest absolute Gasteiger partial charge is 0.506 e. The van der Waals surface area contributed by atoms with Crippen LogP contribution in [0.4, 0.5) is 5.69 Å². The van der Waals surface area contributed by atoms with Crippen LogP contribution in [0, 0.1) is 11.3 Å². The predicted octanol–water partition coefficient (Wildman–Crippen LogP) is 4.33. The molecule has 1 heterocycles. The van der Waals surface area contributed by atoms with E-state index in [-0.39, 0.29) is 10.8 Å². The van der Waals surface area contributed by atoms with Crippen LogP contribution in [0.2, 0.25) is 5.02 Å². The molecule has 28 heavy (non-hydrogen) atoms. The Hall–Kier alpha value is -3.76. The summed E-state index contributed by atoms with van der Waals surface area (Å²) in [5.41, 5.74) is 6.71. The number of hydrazine groups is 1. The number of phenolic OH excluding ortho intramolecular Hbond substituents is 1. The van der Waals surface area contributed by atoms with Crippen LogP contribution < -0.4 is 10.4 Å². The fourth-order valence-electron chi connectivity index (χ4n) is 2.63. The molecular formula is C20H16ClN5O2. The molecule has 0 aliphatic rings. The van der Waals surface area contributed by atoms with Gasteiger partial charge in [0.1, 0.15) is 12.1 Å². The second-order valence-corrected chi connectivity index (χ2v) is 6.15. The van der Waals surface area contributed by atoms with Gasteiger partial charge in [0.15, 0.2) is 0 Å². The van der Waals surface area contributed by atoms with Gasteiger partial charge in [-0.05, 0) is 42.0 Å². The van der Waals surface area contributed by atoms with Gasteiger partial charge in [-0.1, -0.05) is 17.7 Å². The third kappa shape index (κ3) is 4.31. The second-order valence-electron chi connectivity index (χ2n) is 5.74. The molecule has 8 heteroatoms. The van der Waals surface area contributed by atoms with E-state index in [4.69, 9.17) is 16.0 Å². The summed E-state index contributed by atoms with van der Waals surface area (Å²) >= 11 is 6.02.